The molecule has 0 bridgehead atoms. The molecule has 3 aliphatic rings. The minimum Gasteiger partial charge on any atom is -0.504 e. The quantitative estimate of drug-likeness (QED) is 0.872. The van der Waals surface area contributed by atoms with Crippen LogP contribution in [0.5, 0.6) is 0 Å². The first kappa shape index (κ1) is 16.3. The van der Waals surface area contributed by atoms with Crippen LogP contribution in [0.25, 0.3) is 0 Å². The Bertz CT molecular complexity index is 942. The number of nitrogens with zero attached hydrogens (tertiary/aromatic N) is 3. The molecule has 0 spiro atoms. The zero-order valence-corrected chi connectivity index (χ0v) is 15.0. The third-order valence-corrected chi connectivity index (χ3v) is 5.91. The van der Waals surface area contributed by atoms with E-state index in [2.05, 4.69) is 41.5 Å². The summed E-state index contributed by atoms with van der Waals surface area (Å²) in [5.41, 5.74) is 9.71. The molecule has 0 aromatic heterocycles. The lowest BCUT2D eigenvalue weighted by Gasteiger charge is -2.38. The number of hydrazone groups is 1. The second-order valence-electron chi connectivity index (χ2n) is 7.55. The van der Waals surface area contributed by atoms with Crippen molar-refractivity contribution in [1.82, 2.24) is 5.01 Å². The molecule has 27 heavy (non-hydrogen) atoms. The molecule has 2 atom stereocenters. The fourth-order valence-electron chi connectivity index (χ4n) is 4.18. The molecule has 0 amide bonds. The van der Waals surface area contributed by atoms with E-state index in [1.54, 1.807) is 12.3 Å². The number of benzene rings is 2. The summed E-state index contributed by atoms with van der Waals surface area (Å²) < 4.78 is 0. The number of nitrogens with two attached hydrogens (primary N) is 1. The van der Waals surface area contributed by atoms with Crippen molar-refractivity contribution in [3.05, 3.63) is 83.1 Å². The molecule has 2 aromatic rings. The first-order valence-corrected chi connectivity index (χ1v) is 9.41. The van der Waals surface area contributed by atoms with Gasteiger partial charge in [-0.15, -0.1) is 0 Å². The van der Waals surface area contributed by atoms with Crippen molar-refractivity contribution in [1.29, 1.82) is 0 Å². The predicted octanol–water partition coefficient (Wildman–Crippen LogP) is 3.96. The number of rotatable bonds is 3. The average molecular weight is 358 g/mol. The van der Waals surface area contributed by atoms with Gasteiger partial charge < -0.3 is 10.8 Å². The van der Waals surface area contributed by atoms with E-state index in [1.807, 2.05) is 23.2 Å². The minimum absolute atomic E-state index is 0.0883. The molecule has 2 unspecified atom stereocenters. The van der Waals surface area contributed by atoms with Crippen molar-refractivity contribution >= 4 is 12.1 Å². The first-order valence-electron chi connectivity index (χ1n) is 9.41. The summed E-state index contributed by atoms with van der Waals surface area (Å²) in [4.78, 5) is 4.82. The summed E-state index contributed by atoms with van der Waals surface area (Å²) in [7, 11) is 0. The Labute approximate surface area is 158 Å². The van der Waals surface area contributed by atoms with Crippen LogP contribution in [0.4, 0.5) is 0 Å². The van der Waals surface area contributed by atoms with Crippen LogP contribution in [0, 0.1) is 0 Å². The number of hydrogen-bond acceptors (Lipinski definition) is 5. The minimum atomic E-state index is -0.165. The van der Waals surface area contributed by atoms with Gasteiger partial charge in [-0.1, -0.05) is 54.6 Å². The van der Waals surface area contributed by atoms with Gasteiger partial charge in [0.05, 0.1) is 6.21 Å². The number of aliphatic hydroxyl groups is 1. The van der Waals surface area contributed by atoms with E-state index in [-0.39, 0.29) is 23.4 Å². The normalized spacial score (nSPS) is 25.4. The highest BCUT2D eigenvalue weighted by Crippen LogP contribution is 2.45. The Balaban J connectivity index is 1.54. The highest BCUT2D eigenvalue weighted by Gasteiger charge is 2.41. The number of hydrogen-bond donors (Lipinski definition) is 2. The molecule has 1 fully saturated rings. The zero-order valence-electron chi connectivity index (χ0n) is 15.0. The molecule has 5 nitrogen and oxygen atoms in total. The van der Waals surface area contributed by atoms with E-state index in [1.165, 1.54) is 12.0 Å². The van der Waals surface area contributed by atoms with Gasteiger partial charge in [-0.25, -0.2) is 5.01 Å². The first-order chi connectivity index (χ1) is 13.2. The van der Waals surface area contributed by atoms with Gasteiger partial charge in [-0.05, 0) is 36.0 Å². The number of amidine groups is 1. The van der Waals surface area contributed by atoms with Crippen LogP contribution >= 0.6 is 0 Å². The average Bonchev–Trinajstić information content (AvgIpc) is 3.08. The van der Waals surface area contributed by atoms with Crippen molar-refractivity contribution < 1.29 is 5.11 Å². The number of fused-ring (bicyclic) bond motifs is 1. The molecule has 136 valence electrons. The van der Waals surface area contributed by atoms with Crippen molar-refractivity contribution in [2.75, 3.05) is 0 Å². The van der Waals surface area contributed by atoms with Crippen molar-refractivity contribution in [3.63, 3.8) is 0 Å². The SMILES string of the molecule is NC1(c2ccc(C3N=C4C(O)=CC=NN4C3c3ccccc3)cc2)CCC1. The number of aliphatic imine (C=N–C) groups is 1. The van der Waals surface area contributed by atoms with Gasteiger partial charge in [0, 0.05) is 11.6 Å². The number of aliphatic hydroxyl groups excluding tert-OH is 1. The van der Waals surface area contributed by atoms with Gasteiger partial charge in [-0.3, -0.25) is 4.99 Å². The van der Waals surface area contributed by atoms with Gasteiger partial charge in [0.15, 0.2) is 11.6 Å². The molecule has 2 aliphatic heterocycles. The van der Waals surface area contributed by atoms with E-state index in [0.29, 0.717) is 5.84 Å². The van der Waals surface area contributed by atoms with Gasteiger partial charge in [0.25, 0.3) is 0 Å². The predicted molar refractivity (Wildman–Crippen MR) is 107 cm³/mol. The smallest absolute Gasteiger partial charge is 0.188 e. The molecule has 0 saturated heterocycles. The van der Waals surface area contributed by atoms with Gasteiger partial charge in [0.1, 0.15) is 12.1 Å². The fourth-order valence-corrected chi connectivity index (χ4v) is 4.18. The molecule has 2 heterocycles. The van der Waals surface area contributed by atoms with Gasteiger partial charge in [-0.2, -0.15) is 5.10 Å². The summed E-state index contributed by atoms with van der Waals surface area (Å²) in [5.74, 6) is 0.676. The Hall–Kier alpha value is -2.92. The highest BCUT2D eigenvalue weighted by molar-refractivity contribution is 6.03. The standard InChI is InChI=1S/C22H22N4O/c23-22(12-4-13-22)17-9-7-15(8-10-17)19-20(16-5-2-1-3-6-16)26-21(25-19)18(27)11-14-24-26/h1-3,5-11,14,19-20,27H,4,12-13,23H2. The molecular weight excluding hydrogens is 336 g/mol. The summed E-state index contributed by atoms with van der Waals surface area (Å²) in [6.07, 6.45) is 6.49. The maximum atomic E-state index is 10.3. The van der Waals surface area contributed by atoms with Crippen LogP contribution in [0.1, 0.15) is 48.0 Å². The van der Waals surface area contributed by atoms with Crippen LogP contribution in [0.3, 0.4) is 0 Å². The largest absolute Gasteiger partial charge is 0.504 e. The molecule has 0 radical (unpaired) electrons. The van der Waals surface area contributed by atoms with E-state index in [9.17, 15) is 5.11 Å². The number of allylic oxidation sites excluding steroid dienone is 1. The molecule has 5 heteroatoms. The Morgan fingerprint density at radius 1 is 1.00 bits per heavy atom. The lowest BCUT2D eigenvalue weighted by molar-refractivity contribution is 0.253. The lowest BCUT2D eigenvalue weighted by Crippen LogP contribution is -2.43. The molecule has 5 rings (SSSR count). The van der Waals surface area contributed by atoms with E-state index in [4.69, 9.17) is 10.7 Å². The van der Waals surface area contributed by atoms with Gasteiger partial charge >= 0.3 is 0 Å². The third-order valence-electron chi connectivity index (χ3n) is 5.91. The van der Waals surface area contributed by atoms with Crippen LogP contribution < -0.4 is 5.73 Å². The van der Waals surface area contributed by atoms with Crippen molar-refractivity contribution in [2.24, 2.45) is 15.8 Å². The summed E-state index contributed by atoms with van der Waals surface area (Å²) in [5, 5.41) is 16.6. The van der Waals surface area contributed by atoms with Crippen molar-refractivity contribution in [2.45, 2.75) is 36.9 Å². The summed E-state index contributed by atoms with van der Waals surface area (Å²) in [6.45, 7) is 0. The highest BCUT2D eigenvalue weighted by atomic mass is 16.3. The molecule has 1 saturated carbocycles. The summed E-state index contributed by atoms with van der Waals surface area (Å²) >= 11 is 0. The Kier molecular flexibility index (Phi) is 3.65. The van der Waals surface area contributed by atoms with E-state index < -0.39 is 0 Å². The van der Waals surface area contributed by atoms with Crippen LogP contribution in [-0.4, -0.2) is 22.2 Å². The fraction of sp³-hybridized carbons (Fsp3) is 0.273. The molecule has 1 aliphatic carbocycles. The molecule has 3 N–H and O–H groups in total. The molecule has 2 aromatic carbocycles. The van der Waals surface area contributed by atoms with Crippen LogP contribution in [-0.2, 0) is 5.54 Å². The van der Waals surface area contributed by atoms with Crippen molar-refractivity contribution in [3.8, 4) is 0 Å². The lowest BCUT2D eigenvalue weighted by atomic mass is 9.72. The Morgan fingerprint density at radius 3 is 2.41 bits per heavy atom. The van der Waals surface area contributed by atoms with E-state index >= 15 is 0 Å². The van der Waals surface area contributed by atoms with Crippen LogP contribution in [0.2, 0.25) is 0 Å². The topological polar surface area (TPSA) is 74.2 Å². The maximum absolute atomic E-state index is 10.3. The summed E-state index contributed by atoms with van der Waals surface area (Å²) in [6, 6.07) is 18.5. The van der Waals surface area contributed by atoms with E-state index in [0.717, 1.165) is 24.0 Å². The Morgan fingerprint density at radius 2 is 1.74 bits per heavy atom. The van der Waals surface area contributed by atoms with Gasteiger partial charge in [0.2, 0.25) is 0 Å². The second kappa shape index (κ2) is 6.06. The maximum Gasteiger partial charge on any atom is 0.188 e. The third kappa shape index (κ3) is 2.58. The monoisotopic (exact) mass is 358 g/mol. The van der Waals surface area contributed by atoms with Crippen LogP contribution in [0.15, 0.2) is 76.5 Å². The second-order valence-corrected chi connectivity index (χ2v) is 7.55. The molecular formula is C22H22N4O. The zero-order chi connectivity index (χ0) is 18.4.